The van der Waals surface area contributed by atoms with Gasteiger partial charge in [-0.3, -0.25) is 4.98 Å². The van der Waals surface area contributed by atoms with Gasteiger partial charge in [0.2, 0.25) is 0 Å². The van der Waals surface area contributed by atoms with Crippen LogP contribution in [-0.2, 0) is 11.3 Å². The van der Waals surface area contributed by atoms with E-state index in [4.69, 9.17) is 9.47 Å². The number of pyridine rings is 1. The summed E-state index contributed by atoms with van der Waals surface area (Å²) < 4.78 is 12.5. The van der Waals surface area contributed by atoms with Crippen molar-refractivity contribution in [3.8, 4) is 5.75 Å². The Morgan fingerprint density at radius 1 is 1.21 bits per heavy atom. The van der Waals surface area contributed by atoms with Gasteiger partial charge in [0, 0.05) is 30.5 Å². The van der Waals surface area contributed by atoms with E-state index in [0.29, 0.717) is 17.8 Å². The molecule has 0 aliphatic heterocycles. The Balaban J connectivity index is 1.92. The Kier molecular flexibility index (Phi) is 4.20. The van der Waals surface area contributed by atoms with E-state index in [1.165, 1.54) is 0 Å². The van der Waals surface area contributed by atoms with Crippen molar-refractivity contribution in [2.75, 3.05) is 0 Å². The van der Waals surface area contributed by atoms with Crippen LogP contribution in [-0.4, -0.2) is 26.3 Å². The normalized spacial score (nSPS) is 11.5. The first kappa shape index (κ1) is 16.0. The average Bonchev–Trinajstić information content (AvgIpc) is 3.01. The largest absolute Gasteiger partial charge is 0.514 e. The van der Waals surface area contributed by atoms with E-state index in [0.717, 1.165) is 10.9 Å². The van der Waals surface area contributed by atoms with E-state index < -0.39 is 11.8 Å². The van der Waals surface area contributed by atoms with Gasteiger partial charge in [0.1, 0.15) is 11.1 Å². The van der Waals surface area contributed by atoms with Crippen molar-refractivity contribution in [2.24, 2.45) is 0 Å². The standard InChI is InChI=1S/C18H19N3O3/c1-18(2,3)24-17(22)23-15-7-6-13(11-21-10-9-19-12-21)14-5-4-8-20-16(14)15/h4-10,12H,11H2,1-3H3. The molecule has 0 amide bonds. The quantitative estimate of drug-likeness (QED) is 0.541. The van der Waals surface area contributed by atoms with Crippen molar-refractivity contribution in [3.63, 3.8) is 0 Å². The molecule has 0 spiro atoms. The van der Waals surface area contributed by atoms with Gasteiger partial charge in [0.15, 0.2) is 5.75 Å². The molecule has 3 aromatic rings. The molecule has 6 nitrogen and oxygen atoms in total. The van der Waals surface area contributed by atoms with Gasteiger partial charge in [-0.15, -0.1) is 0 Å². The summed E-state index contributed by atoms with van der Waals surface area (Å²) in [5, 5.41) is 0.923. The molecule has 0 radical (unpaired) electrons. The molecule has 1 aromatic carbocycles. The SMILES string of the molecule is CC(C)(C)OC(=O)Oc1ccc(Cn2ccnc2)c2cccnc12. The Bertz CT molecular complexity index is 852. The molecule has 0 bridgehead atoms. The highest BCUT2D eigenvalue weighted by Gasteiger charge is 2.19. The van der Waals surface area contributed by atoms with E-state index in [1.807, 2.05) is 29.0 Å². The summed E-state index contributed by atoms with van der Waals surface area (Å²) in [6.45, 7) is 6.03. The molecular weight excluding hydrogens is 306 g/mol. The fraction of sp³-hybridized carbons (Fsp3) is 0.278. The molecular formula is C18H19N3O3. The zero-order valence-corrected chi connectivity index (χ0v) is 13.9. The first-order valence-electron chi connectivity index (χ1n) is 7.65. The minimum atomic E-state index is -0.739. The van der Waals surface area contributed by atoms with Gasteiger partial charge in [-0.25, -0.2) is 9.78 Å². The number of benzene rings is 1. The third-order valence-electron chi connectivity index (χ3n) is 3.32. The van der Waals surface area contributed by atoms with Crippen LogP contribution >= 0.6 is 0 Å². The van der Waals surface area contributed by atoms with Crippen molar-refractivity contribution in [1.29, 1.82) is 0 Å². The number of hydrogen-bond donors (Lipinski definition) is 0. The van der Waals surface area contributed by atoms with Crippen molar-refractivity contribution >= 4 is 17.1 Å². The molecule has 124 valence electrons. The maximum absolute atomic E-state index is 11.9. The van der Waals surface area contributed by atoms with E-state index in [1.54, 1.807) is 45.6 Å². The zero-order chi connectivity index (χ0) is 17.2. The number of ether oxygens (including phenoxy) is 2. The molecule has 3 rings (SSSR count). The Morgan fingerprint density at radius 2 is 2.04 bits per heavy atom. The minimum absolute atomic E-state index is 0.384. The Hall–Kier alpha value is -2.89. The lowest BCUT2D eigenvalue weighted by molar-refractivity contribution is 0.0209. The van der Waals surface area contributed by atoms with Gasteiger partial charge >= 0.3 is 6.16 Å². The van der Waals surface area contributed by atoms with Crippen LogP contribution in [0.5, 0.6) is 5.75 Å². The molecule has 24 heavy (non-hydrogen) atoms. The van der Waals surface area contributed by atoms with Crippen molar-refractivity contribution in [2.45, 2.75) is 32.9 Å². The third-order valence-corrected chi connectivity index (χ3v) is 3.32. The highest BCUT2D eigenvalue weighted by Crippen LogP contribution is 2.28. The second kappa shape index (κ2) is 6.31. The highest BCUT2D eigenvalue weighted by molar-refractivity contribution is 5.89. The van der Waals surface area contributed by atoms with Crippen LogP contribution in [0.4, 0.5) is 4.79 Å². The first-order valence-corrected chi connectivity index (χ1v) is 7.65. The number of imidazole rings is 1. The highest BCUT2D eigenvalue weighted by atomic mass is 16.7. The fourth-order valence-electron chi connectivity index (χ4n) is 2.36. The lowest BCUT2D eigenvalue weighted by Gasteiger charge is -2.19. The summed E-state index contributed by atoms with van der Waals surface area (Å²) in [4.78, 5) is 20.3. The number of aromatic nitrogens is 3. The van der Waals surface area contributed by atoms with Crippen LogP contribution in [0.2, 0.25) is 0 Å². The summed E-state index contributed by atoms with van der Waals surface area (Å²) in [6, 6.07) is 7.47. The van der Waals surface area contributed by atoms with Crippen LogP contribution in [0.3, 0.4) is 0 Å². The number of carbonyl (C=O) groups excluding carboxylic acids is 1. The molecule has 0 saturated carbocycles. The summed E-state index contributed by atoms with van der Waals surface area (Å²) in [6.07, 6.45) is 6.32. The molecule has 0 N–H and O–H groups in total. The topological polar surface area (TPSA) is 66.2 Å². The van der Waals surface area contributed by atoms with E-state index >= 15 is 0 Å². The smallest absolute Gasteiger partial charge is 0.428 e. The second-order valence-electron chi connectivity index (χ2n) is 6.42. The number of carbonyl (C=O) groups is 1. The molecule has 2 aromatic heterocycles. The molecule has 2 heterocycles. The molecule has 0 aliphatic rings. The number of rotatable bonds is 3. The van der Waals surface area contributed by atoms with Crippen molar-refractivity contribution in [3.05, 3.63) is 54.7 Å². The minimum Gasteiger partial charge on any atom is -0.428 e. The Labute approximate surface area is 140 Å². The summed E-state index contributed by atoms with van der Waals surface area (Å²) >= 11 is 0. The van der Waals surface area contributed by atoms with Crippen LogP contribution in [0.15, 0.2) is 49.2 Å². The lowest BCUT2D eigenvalue weighted by atomic mass is 10.1. The van der Waals surface area contributed by atoms with Gasteiger partial charge in [-0.05, 0) is 38.5 Å². The van der Waals surface area contributed by atoms with E-state index in [2.05, 4.69) is 9.97 Å². The maximum atomic E-state index is 11.9. The molecule has 0 aliphatic carbocycles. The number of hydrogen-bond acceptors (Lipinski definition) is 5. The lowest BCUT2D eigenvalue weighted by Crippen LogP contribution is -2.26. The van der Waals surface area contributed by atoms with Gasteiger partial charge in [0.25, 0.3) is 0 Å². The third kappa shape index (κ3) is 3.71. The fourth-order valence-corrected chi connectivity index (χ4v) is 2.36. The monoisotopic (exact) mass is 325 g/mol. The predicted octanol–water partition coefficient (Wildman–Crippen LogP) is 3.79. The van der Waals surface area contributed by atoms with Gasteiger partial charge in [0.05, 0.1) is 6.33 Å². The first-order chi connectivity index (χ1) is 11.4. The van der Waals surface area contributed by atoms with E-state index in [-0.39, 0.29) is 0 Å². The van der Waals surface area contributed by atoms with E-state index in [9.17, 15) is 4.79 Å². The van der Waals surface area contributed by atoms with Gasteiger partial charge in [-0.2, -0.15) is 0 Å². The number of nitrogens with zero attached hydrogens (tertiary/aromatic N) is 3. The average molecular weight is 325 g/mol. The zero-order valence-electron chi connectivity index (χ0n) is 13.9. The predicted molar refractivity (Wildman–Crippen MR) is 89.9 cm³/mol. The van der Waals surface area contributed by atoms with Gasteiger partial charge in [-0.1, -0.05) is 12.1 Å². The van der Waals surface area contributed by atoms with Crippen LogP contribution in [0.25, 0.3) is 10.9 Å². The maximum Gasteiger partial charge on any atom is 0.514 e. The summed E-state index contributed by atoms with van der Waals surface area (Å²) in [7, 11) is 0. The Morgan fingerprint density at radius 3 is 2.75 bits per heavy atom. The summed E-state index contributed by atoms with van der Waals surface area (Å²) in [5.41, 5.74) is 1.08. The van der Waals surface area contributed by atoms with Crippen LogP contribution in [0, 0.1) is 0 Å². The van der Waals surface area contributed by atoms with Crippen LogP contribution < -0.4 is 4.74 Å². The van der Waals surface area contributed by atoms with Crippen LogP contribution in [0.1, 0.15) is 26.3 Å². The molecule has 6 heteroatoms. The molecule has 0 saturated heterocycles. The molecule has 0 fully saturated rings. The molecule has 0 atom stereocenters. The van der Waals surface area contributed by atoms with Crippen molar-refractivity contribution in [1.82, 2.24) is 14.5 Å². The van der Waals surface area contributed by atoms with Crippen molar-refractivity contribution < 1.29 is 14.3 Å². The summed E-state index contributed by atoms with van der Waals surface area (Å²) in [5.74, 6) is 0.384. The van der Waals surface area contributed by atoms with Gasteiger partial charge < -0.3 is 14.0 Å². The second-order valence-corrected chi connectivity index (χ2v) is 6.42. The molecule has 0 unspecified atom stereocenters. The number of fused-ring (bicyclic) bond motifs is 1.